The molecule has 14 heavy (non-hydrogen) atoms. The van der Waals surface area contributed by atoms with E-state index < -0.39 is 0 Å². The number of aryl methyl sites for hydroxylation is 2. The molecule has 0 spiro atoms. The van der Waals surface area contributed by atoms with Gasteiger partial charge in [-0.05, 0) is 38.4 Å². The first-order valence-corrected chi connectivity index (χ1v) is 4.89. The molecule has 1 fully saturated rings. The minimum absolute atomic E-state index is 0.0268. The first-order valence-electron chi connectivity index (χ1n) is 4.89. The average Bonchev–Trinajstić information content (AvgIpc) is 2.06. The Bertz CT molecular complexity index is 370. The molecule has 1 atom stereocenters. The summed E-state index contributed by atoms with van der Waals surface area (Å²) >= 11 is 0. The van der Waals surface area contributed by atoms with Crippen LogP contribution in [0.2, 0.25) is 0 Å². The van der Waals surface area contributed by atoms with E-state index in [2.05, 4.69) is 10.3 Å². The highest BCUT2D eigenvalue weighted by Gasteiger charge is 2.25. The third kappa shape index (κ3) is 1.55. The van der Waals surface area contributed by atoms with Crippen LogP contribution in [0.3, 0.4) is 0 Å². The monoisotopic (exact) mass is 190 g/mol. The van der Waals surface area contributed by atoms with E-state index in [4.69, 9.17) is 0 Å². The fourth-order valence-corrected chi connectivity index (χ4v) is 1.49. The number of carbonyl (C=O) groups excluding carboxylic acids is 1. The molecule has 0 amide bonds. The van der Waals surface area contributed by atoms with Crippen LogP contribution in [-0.4, -0.2) is 23.4 Å². The smallest absolute Gasteiger partial charge is 0.181 e. The molecule has 3 heteroatoms. The number of hydrogen-bond donors (Lipinski definition) is 1. The Labute approximate surface area is 83.5 Å². The van der Waals surface area contributed by atoms with Crippen LogP contribution in [-0.2, 0) is 0 Å². The molecular formula is C11H14N2O. The van der Waals surface area contributed by atoms with Gasteiger partial charge in [0.15, 0.2) is 5.78 Å². The summed E-state index contributed by atoms with van der Waals surface area (Å²) in [6.07, 6.45) is 2.62. The van der Waals surface area contributed by atoms with Crippen molar-refractivity contribution in [1.29, 1.82) is 0 Å². The van der Waals surface area contributed by atoms with Crippen molar-refractivity contribution in [2.75, 3.05) is 6.54 Å². The number of carbonyl (C=O) groups is 1. The van der Waals surface area contributed by atoms with Gasteiger partial charge in [-0.15, -0.1) is 0 Å². The minimum atomic E-state index is 0.0268. The van der Waals surface area contributed by atoms with Crippen LogP contribution in [0.5, 0.6) is 0 Å². The van der Waals surface area contributed by atoms with E-state index in [1.165, 1.54) is 0 Å². The molecule has 0 saturated carbocycles. The number of hydrogen-bond acceptors (Lipinski definition) is 3. The lowest BCUT2D eigenvalue weighted by Crippen LogP contribution is -2.48. The highest BCUT2D eigenvalue weighted by molar-refractivity contribution is 6.00. The number of nitrogens with zero attached hydrogens (tertiary/aromatic N) is 1. The molecule has 1 N–H and O–H groups in total. The normalized spacial score (nSPS) is 20.3. The highest BCUT2D eigenvalue weighted by Crippen LogP contribution is 2.13. The molecule has 2 heterocycles. The molecule has 1 saturated heterocycles. The number of aromatic nitrogens is 1. The molecular weight excluding hydrogens is 176 g/mol. The van der Waals surface area contributed by atoms with Gasteiger partial charge >= 0.3 is 0 Å². The summed E-state index contributed by atoms with van der Waals surface area (Å²) in [6.45, 7) is 4.88. The molecule has 1 aromatic rings. The standard InChI is InChI=1S/C11H14N2O/c1-7-5-9(6-13-8(7)2)11(14)10-3-4-12-10/h5-6,10,12H,3-4H2,1-2H3/t10-/m0/s1. The van der Waals surface area contributed by atoms with Crippen LogP contribution in [0.1, 0.15) is 28.0 Å². The number of Topliss-reactive ketones (excluding diaryl/α,β-unsaturated/α-hetero) is 1. The maximum absolute atomic E-state index is 11.8. The lowest BCUT2D eigenvalue weighted by atomic mass is 9.97. The summed E-state index contributed by atoms with van der Waals surface area (Å²) in [6, 6.07) is 1.95. The van der Waals surface area contributed by atoms with Crippen LogP contribution >= 0.6 is 0 Å². The molecule has 74 valence electrons. The second-order valence-corrected chi connectivity index (χ2v) is 3.79. The van der Waals surface area contributed by atoms with Crippen LogP contribution in [0.15, 0.2) is 12.3 Å². The fourth-order valence-electron chi connectivity index (χ4n) is 1.49. The van der Waals surface area contributed by atoms with Gasteiger partial charge in [-0.25, -0.2) is 0 Å². The Kier molecular flexibility index (Phi) is 2.33. The average molecular weight is 190 g/mol. The van der Waals surface area contributed by atoms with Crippen molar-refractivity contribution in [3.05, 3.63) is 29.1 Å². The molecule has 1 aliphatic heterocycles. The summed E-state index contributed by atoms with van der Waals surface area (Å²) in [5.41, 5.74) is 2.79. The topological polar surface area (TPSA) is 42.0 Å². The second-order valence-electron chi connectivity index (χ2n) is 3.79. The van der Waals surface area contributed by atoms with Gasteiger partial charge in [0.05, 0.1) is 6.04 Å². The van der Waals surface area contributed by atoms with Gasteiger partial charge in [0.25, 0.3) is 0 Å². The van der Waals surface area contributed by atoms with E-state index >= 15 is 0 Å². The van der Waals surface area contributed by atoms with Crippen molar-refractivity contribution in [3.63, 3.8) is 0 Å². The van der Waals surface area contributed by atoms with E-state index in [0.717, 1.165) is 29.8 Å². The van der Waals surface area contributed by atoms with Gasteiger partial charge in [-0.3, -0.25) is 9.78 Å². The fraction of sp³-hybridized carbons (Fsp3) is 0.455. The lowest BCUT2D eigenvalue weighted by Gasteiger charge is -2.26. The van der Waals surface area contributed by atoms with Gasteiger partial charge in [0.2, 0.25) is 0 Å². The summed E-state index contributed by atoms with van der Waals surface area (Å²) in [5.74, 6) is 0.173. The summed E-state index contributed by atoms with van der Waals surface area (Å²) in [5, 5.41) is 3.10. The van der Waals surface area contributed by atoms with Crippen molar-refractivity contribution < 1.29 is 4.79 Å². The lowest BCUT2D eigenvalue weighted by molar-refractivity contribution is 0.0903. The quantitative estimate of drug-likeness (QED) is 0.713. The van der Waals surface area contributed by atoms with E-state index in [1.54, 1.807) is 6.20 Å². The Morgan fingerprint density at radius 3 is 2.79 bits per heavy atom. The molecule has 0 bridgehead atoms. The van der Waals surface area contributed by atoms with E-state index in [-0.39, 0.29) is 11.8 Å². The van der Waals surface area contributed by atoms with Crippen LogP contribution in [0.4, 0.5) is 0 Å². The van der Waals surface area contributed by atoms with Crippen molar-refractivity contribution in [2.24, 2.45) is 0 Å². The maximum atomic E-state index is 11.8. The molecule has 0 radical (unpaired) electrons. The number of ketones is 1. The van der Waals surface area contributed by atoms with Crippen molar-refractivity contribution in [1.82, 2.24) is 10.3 Å². The molecule has 0 unspecified atom stereocenters. The van der Waals surface area contributed by atoms with Crippen molar-refractivity contribution in [2.45, 2.75) is 26.3 Å². The Morgan fingerprint density at radius 2 is 2.29 bits per heavy atom. The van der Waals surface area contributed by atoms with Crippen LogP contribution < -0.4 is 5.32 Å². The number of rotatable bonds is 2. The molecule has 0 aliphatic carbocycles. The first kappa shape index (κ1) is 9.34. The predicted octanol–water partition coefficient (Wildman–Crippen LogP) is 1.24. The molecule has 2 rings (SSSR count). The van der Waals surface area contributed by atoms with Crippen molar-refractivity contribution in [3.8, 4) is 0 Å². The summed E-state index contributed by atoms with van der Waals surface area (Å²) in [7, 11) is 0. The molecule has 3 nitrogen and oxygen atoms in total. The Balaban J connectivity index is 2.23. The maximum Gasteiger partial charge on any atom is 0.181 e. The van der Waals surface area contributed by atoms with E-state index in [1.807, 2.05) is 19.9 Å². The summed E-state index contributed by atoms with van der Waals surface area (Å²) < 4.78 is 0. The van der Waals surface area contributed by atoms with Gasteiger partial charge < -0.3 is 5.32 Å². The predicted molar refractivity (Wildman–Crippen MR) is 54.4 cm³/mol. The number of nitrogens with one attached hydrogen (secondary N) is 1. The molecule has 0 aromatic carbocycles. The van der Waals surface area contributed by atoms with Gasteiger partial charge in [0, 0.05) is 17.5 Å². The Morgan fingerprint density at radius 1 is 1.57 bits per heavy atom. The van der Waals surface area contributed by atoms with Gasteiger partial charge in [-0.2, -0.15) is 0 Å². The third-order valence-electron chi connectivity index (χ3n) is 2.76. The summed E-state index contributed by atoms with van der Waals surface area (Å²) in [4.78, 5) is 16.0. The van der Waals surface area contributed by atoms with Crippen LogP contribution in [0, 0.1) is 13.8 Å². The zero-order chi connectivity index (χ0) is 10.1. The SMILES string of the molecule is Cc1cc(C(=O)[C@@H]2CCN2)cnc1C. The van der Waals surface area contributed by atoms with Crippen molar-refractivity contribution >= 4 is 5.78 Å². The highest BCUT2D eigenvalue weighted by atomic mass is 16.1. The number of pyridine rings is 1. The zero-order valence-electron chi connectivity index (χ0n) is 8.50. The van der Waals surface area contributed by atoms with E-state index in [0.29, 0.717) is 0 Å². The van der Waals surface area contributed by atoms with Crippen LogP contribution in [0.25, 0.3) is 0 Å². The largest absolute Gasteiger partial charge is 0.307 e. The first-order chi connectivity index (χ1) is 6.68. The zero-order valence-corrected chi connectivity index (χ0v) is 8.50. The van der Waals surface area contributed by atoms with Gasteiger partial charge in [0.1, 0.15) is 0 Å². The Hall–Kier alpha value is -1.22. The molecule has 1 aromatic heterocycles. The van der Waals surface area contributed by atoms with Gasteiger partial charge in [-0.1, -0.05) is 0 Å². The molecule has 1 aliphatic rings. The van der Waals surface area contributed by atoms with E-state index in [9.17, 15) is 4.79 Å². The minimum Gasteiger partial charge on any atom is -0.307 e. The second kappa shape index (κ2) is 3.50. The third-order valence-corrected chi connectivity index (χ3v) is 2.76.